The van der Waals surface area contributed by atoms with Crippen LogP contribution in [0.5, 0.6) is 0 Å². The second kappa shape index (κ2) is 5.74. The molecule has 0 radical (unpaired) electrons. The second-order valence-electron chi connectivity index (χ2n) is 3.02. The molecule has 0 unspecified atom stereocenters. The van der Waals surface area contributed by atoms with E-state index in [0.717, 1.165) is 0 Å². The van der Waals surface area contributed by atoms with Crippen LogP contribution in [0.1, 0.15) is 6.92 Å². The number of anilines is 1. The quantitative estimate of drug-likeness (QED) is 0.713. The van der Waals surface area contributed by atoms with E-state index in [1.807, 2.05) is 0 Å². The maximum atomic E-state index is 11.3. The third kappa shape index (κ3) is 3.99. The van der Waals surface area contributed by atoms with Gasteiger partial charge in [-0.25, -0.2) is 4.79 Å². The number of hydrogen-bond donors (Lipinski definition) is 2. The van der Waals surface area contributed by atoms with Gasteiger partial charge in [0.05, 0.1) is 18.5 Å². The highest BCUT2D eigenvalue weighted by Crippen LogP contribution is 2.02. The largest absolute Gasteiger partial charge is 0.465 e. The summed E-state index contributed by atoms with van der Waals surface area (Å²) in [5.41, 5.74) is 0.559. The summed E-state index contributed by atoms with van der Waals surface area (Å²) in [5.74, 6) is -0.469. The zero-order chi connectivity index (χ0) is 12.0. The monoisotopic (exact) mass is 226 g/mol. The minimum atomic E-state index is -0.471. The number of amides is 2. The van der Waals surface area contributed by atoms with Gasteiger partial charge in [-0.3, -0.25) is 9.48 Å². The molecule has 0 saturated carbocycles. The molecule has 1 aromatic rings. The van der Waals surface area contributed by atoms with Crippen molar-refractivity contribution >= 4 is 17.7 Å². The lowest BCUT2D eigenvalue weighted by atomic mass is 10.5. The summed E-state index contributed by atoms with van der Waals surface area (Å²) in [6.07, 6.45) is 3.15. The van der Waals surface area contributed by atoms with E-state index in [1.165, 1.54) is 6.20 Å². The molecule has 0 fully saturated rings. The van der Waals surface area contributed by atoms with Crippen molar-refractivity contribution in [1.82, 2.24) is 15.1 Å². The minimum absolute atomic E-state index is 0.153. The van der Waals surface area contributed by atoms with Crippen LogP contribution in [0.25, 0.3) is 0 Å². The van der Waals surface area contributed by atoms with E-state index in [1.54, 1.807) is 24.9 Å². The Hall–Kier alpha value is -2.05. The number of rotatable bonds is 4. The predicted octanol–water partition coefficient (Wildman–Crippen LogP) is 0.105. The Morgan fingerprint density at radius 3 is 2.88 bits per heavy atom. The first-order valence-electron chi connectivity index (χ1n) is 4.81. The second-order valence-corrected chi connectivity index (χ2v) is 3.02. The molecule has 0 aliphatic carbocycles. The smallest absolute Gasteiger partial charge is 0.325 e. The van der Waals surface area contributed by atoms with Crippen molar-refractivity contribution < 1.29 is 14.3 Å². The van der Waals surface area contributed by atoms with Crippen LogP contribution in [0.2, 0.25) is 0 Å². The molecule has 0 bridgehead atoms. The highest BCUT2D eigenvalue weighted by molar-refractivity contribution is 5.91. The third-order valence-corrected chi connectivity index (χ3v) is 1.66. The Bertz CT molecular complexity index is 375. The fraction of sp³-hybridized carbons (Fsp3) is 0.444. The lowest BCUT2D eigenvalue weighted by Crippen LogP contribution is -2.34. The summed E-state index contributed by atoms with van der Waals surface area (Å²) in [6.45, 7) is 1.85. The maximum absolute atomic E-state index is 11.3. The zero-order valence-electron chi connectivity index (χ0n) is 9.19. The van der Waals surface area contributed by atoms with E-state index in [9.17, 15) is 9.59 Å². The van der Waals surface area contributed by atoms with Gasteiger partial charge in [0.1, 0.15) is 6.54 Å². The molecule has 1 rings (SSSR count). The van der Waals surface area contributed by atoms with Gasteiger partial charge in [0.2, 0.25) is 0 Å². The van der Waals surface area contributed by atoms with Gasteiger partial charge in [-0.15, -0.1) is 0 Å². The summed E-state index contributed by atoms with van der Waals surface area (Å²) in [5, 5.41) is 8.76. The average molecular weight is 226 g/mol. The van der Waals surface area contributed by atoms with Gasteiger partial charge < -0.3 is 15.4 Å². The number of nitrogens with one attached hydrogen (secondary N) is 2. The van der Waals surface area contributed by atoms with Crippen molar-refractivity contribution in [3.05, 3.63) is 12.4 Å². The third-order valence-electron chi connectivity index (χ3n) is 1.66. The molecule has 1 heterocycles. The number of nitrogens with zero attached hydrogens (tertiary/aromatic N) is 2. The summed E-state index contributed by atoms with van der Waals surface area (Å²) in [4.78, 5) is 22.2. The van der Waals surface area contributed by atoms with Crippen LogP contribution in [0.4, 0.5) is 10.5 Å². The van der Waals surface area contributed by atoms with Crippen LogP contribution in [-0.4, -0.2) is 34.9 Å². The number of urea groups is 1. The Balaban J connectivity index is 2.28. The highest BCUT2D eigenvalue weighted by Gasteiger charge is 2.06. The fourth-order valence-corrected chi connectivity index (χ4v) is 1.03. The number of carbonyl (C=O) groups is 2. The number of ether oxygens (including phenoxy) is 1. The Labute approximate surface area is 92.8 Å². The van der Waals surface area contributed by atoms with Gasteiger partial charge in [0, 0.05) is 13.2 Å². The van der Waals surface area contributed by atoms with Gasteiger partial charge >= 0.3 is 12.0 Å². The molecule has 0 saturated heterocycles. The molecule has 0 aliphatic heterocycles. The zero-order valence-corrected chi connectivity index (χ0v) is 9.19. The predicted molar refractivity (Wildman–Crippen MR) is 56.9 cm³/mol. The van der Waals surface area contributed by atoms with E-state index >= 15 is 0 Å². The van der Waals surface area contributed by atoms with Crippen molar-refractivity contribution in [2.75, 3.05) is 18.5 Å². The van der Waals surface area contributed by atoms with Crippen LogP contribution in [0, 0.1) is 0 Å². The van der Waals surface area contributed by atoms with Gasteiger partial charge in [0.25, 0.3) is 0 Å². The summed E-state index contributed by atoms with van der Waals surface area (Å²) < 4.78 is 6.21. The molecule has 7 heteroatoms. The highest BCUT2D eigenvalue weighted by atomic mass is 16.5. The molecule has 0 spiro atoms. The first-order chi connectivity index (χ1) is 7.61. The van der Waals surface area contributed by atoms with Crippen molar-refractivity contribution in [1.29, 1.82) is 0 Å². The van der Waals surface area contributed by atoms with Crippen LogP contribution in [-0.2, 0) is 16.6 Å². The van der Waals surface area contributed by atoms with E-state index < -0.39 is 12.0 Å². The van der Waals surface area contributed by atoms with Crippen LogP contribution >= 0.6 is 0 Å². The number of esters is 1. The molecular weight excluding hydrogens is 212 g/mol. The molecule has 2 N–H and O–H groups in total. The van der Waals surface area contributed by atoms with Gasteiger partial charge in [-0.05, 0) is 6.92 Å². The van der Waals surface area contributed by atoms with Crippen LogP contribution in [0.3, 0.4) is 0 Å². The fourth-order valence-electron chi connectivity index (χ4n) is 1.03. The maximum Gasteiger partial charge on any atom is 0.325 e. The van der Waals surface area contributed by atoms with Crippen molar-refractivity contribution in [2.45, 2.75) is 6.92 Å². The van der Waals surface area contributed by atoms with Crippen molar-refractivity contribution in [3.63, 3.8) is 0 Å². The summed E-state index contributed by atoms with van der Waals surface area (Å²) in [7, 11) is 1.74. The molecule has 0 aromatic carbocycles. The molecule has 1 aromatic heterocycles. The molecule has 88 valence electrons. The average Bonchev–Trinajstić information content (AvgIpc) is 2.61. The van der Waals surface area contributed by atoms with Crippen LogP contribution < -0.4 is 10.6 Å². The van der Waals surface area contributed by atoms with E-state index in [0.29, 0.717) is 12.3 Å². The molecule has 2 amide bonds. The van der Waals surface area contributed by atoms with Gasteiger partial charge in [0.15, 0.2) is 0 Å². The topological polar surface area (TPSA) is 85.2 Å². The summed E-state index contributed by atoms with van der Waals surface area (Å²) in [6, 6.07) is -0.471. The van der Waals surface area contributed by atoms with Gasteiger partial charge in [-0.2, -0.15) is 5.10 Å². The Morgan fingerprint density at radius 2 is 2.31 bits per heavy atom. The molecule has 7 nitrogen and oxygen atoms in total. The first kappa shape index (κ1) is 12.0. The molecular formula is C9H14N4O3. The lowest BCUT2D eigenvalue weighted by molar-refractivity contribution is -0.141. The minimum Gasteiger partial charge on any atom is -0.465 e. The number of aryl methyl sites for hydroxylation is 1. The van der Waals surface area contributed by atoms with Gasteiger partial charge in [-0.1, -0.05) is 0 Å². The standard InChI is InChI=1S/C9H14N4O3/c1-3-16-8(14)5-10-9(15)12-7-4-11-13(2)6-7/h4,6H,3,5H2,1-2H3,(H2,10,12,15). The SMILES string of the molecule is CCOC(=O)CNC(=O)Nc1cnn(C)c1. The number of hydrogen-bond acceptors (Lipinski definition) is 4. The molecule has 0 aliphatic rings. The first-order valence-corrected chi connectivity index (χ1v) is 4.81. The Morgan fingerprint density at radius 1 is 1.56 bits per heavy atom. The summed E-state index contributed by atoms with van der Waals surface area (Å²) >= 11 is 0. The number of carbonyl (C=O) groups excluding carboxylic acids is 2. The molecule has 16 heavy (non-hydrogen) atoms. The van der Waals surface area contributed by atoms with E-state index in [2.05, 4.69) is 20.5 Å². The van der Waals surface area contributed by atoms with E-state index in [4.69, 9.17) is 0 Å². The van der Waals surface area contributed by atoms with Crippen molar-refractivity contribution in [3.8, 4) is 0 Å². The normalized spacial score (nSPS) is 9.62. The Kier molecular flexibility index (Phi) is 4.31. The molecule has 0 atom stereocenters. The van der Waals surface area contributed by atoms with E-state index in [-0.39, 0.29) is 6.54 Å². The van der Waals surface area contributed by atoms with Crippen molar-refractivity contribution in [2.24, 2.45) is 7.05 Å². The van der Waals surface area contributed by atoms with Crippen LogP contribution in [0.15, 0.2) is 12.4 Å². The number of aromatic nitrogens is 2. The lowest BCUT2D eigenvalue weighted by Gasteiger charge is -2.05.